The number of rotatable bonds is 3. The monoisotopic (exact) mass is 281 g/mol. The van der Waals surface area contributed by atoms with Crippen LogP contribution in [0.3, 0.4) is 0 Å². The van der Waals surface area contributed by atoms with E-state index >= 15 is 0 Å². The minimum absolute atomic E-state index is 0.0229. The Balaban J connectivity index is 1.83. The minimum atomic E-state index is -0.0229. The molecule has 2 amide bonds. The van der Waals surface area contributed by atoms with E-state index in [-0.39, 0.29) is 6.03 Å². The molecule has 0 aliphatic carbocycles. The van der Waals surface area contributed by atoms with E-state index in [9.17, 15) is 4.79 Å². The fraction of sp³-hybridized carbons (Fsp3) is 0.500. The molecule has 0 aromatic heterocycles. The molecule has 0 spiro atoms. The number of anilines is 1. The maximum absolute atomic E-state index is 12.1. The highest BCUT2D eigenvalue weighted by Crippen LogP contribution is 2.18. The summed E-state index contributed by atoms with van der Waals surface area (Å²) in [6.45, 7) is 2.68. The Bertz CT molecular complexity index is 413. The summed E-state index contributed by atoms with van der Waals surface area (Å²) in [7, 11) is 1.97. The average molecular weight is 282 g/mol. The summed E-state index contributed by atoms with van der Waals surface area (Å²) in [6.07, 6.45) is 2.13. The van der Waals surface area contributed by atoms with Crippen LogP contribution in [0.5, 0.6) is 0 Å². The van der Waals surface area contributed by atoms with E-state index in [2.05, 4.69) is 10.6 Å². The van der Waals surface area contributed by atoms with Gasteiger partial charge in [-0.2, -0.15) is 0 Å². The summed E-state index contributed by atoms with van der Waals surface area (Å²) in [5.41, 5.74) is 0.784. The zero-order valence-electron chi connectivity index (χ0n) is 11.2. The van der Waals surface area contributed by atoms with E-state index in [1.807, 2.05) is 24.1 Å². The number of hydrogen-bond acceptors (Lipinski definition) is 2. The quantitative estimate of drug-likeness (QED) is 0.895. The fourth-order valence-corrected chi connectivity index (χ4v) is 2.49. The van der Waals surface area contributed by atoms with Crippen molar-refractivity contribution in [1.82, 2.24) is 10.2 Å². The van der Waals surface area contributed by atoms with E-state index in [4.69, 9.17) is 11.6 Å². The Kier molecular flexibility index (Phi) is 5.05. The molecule has 1 aromatic rings. The maximum atomic E-state index is 12.1. The molecule has 1 saturated heterocycles. The fourth-order valence-electron chi connectivity index (χ4n) is 2.36. The van der Waals surface area contributed by atoms with Crippen molar-refractivity contribution in [1.29, 1.82) is 0 Å². The van der Waals surface area contributed by atoms with Crippen molar-refractivity contribution in [2.75, 3.05) is 32.0 Å². The molecule has 4 nitrogen and oxygen atoms in total. The van der Waals surface area contributed by atoms with Gasteiger partial charge in [0.15, 0.2) is 0 Å². The van der Waals surface area contributed by atoms with Gasteiger partial charge in [-0.15, -0.1) is 0 Å². The largest absolute Gasteiger partial charge is 0.325 e. The third-order valence-corrected chi connectivity index (χ3v) is 3.74. The molecule has 1 fully saturated rings. The molecule has 19 heavy (non-hydrogen) atoms. The number of halogens is 1. The Morgan fingerprint density at radius 1 is 1.32 bits per heavy atom. The van der Waals surface area contributed by atoms with E-state index in [1.165, 1.54) is 0 Å². The minimum Gasteiger partial charge on any atom is -0.325 e. The highest BCUT2D eigenvalue weighted by atomic mass is 35.5. The van der Waals surface area contributed by atoms with Crippen molar-refractivity contribution in [2.24, 2.45) is 5.92 Å². The first-order valence-electron chi connectivity index (χ1n) is 6.65. The molecule has 5 heteroatoms. The zero-order valence-corrected chi connectivity index (χ0v) is 11.9. The van der Waals surface area contributed by atoms with E-state index in [0.29, 0.717) is 10.9 Å². The first-order chi connectivity index (χ1) is 9.19. The van der Waals surface area contributed by atoms with Gasteiger partial charge in [-0.25, -0.2) is 4.79 Å². The van der Waals surface area contributed by atoms with Gasteiger partial charge in [0.05, 0.1) is 0 Å². The van der Waals surface area contributed by atoms with Crippen molar-refractivity contribution in [3.63, 3.8) is 0 Å². The Morgan fingerprint density at radius 2 is 1.95 bits per heavy atom. The lowest BCUT2D eigenvalue weighted by molar-refractivity contribution is 0.182. The smallest absolute Gasteiger partial charge is 0.321 e. The van der Waals surface area contributed by atoms with Crippen LogP contribution >= 0.6 is 11.6 Å². The van der Waals surface area contributed by atoms with Gasteiger partial charge >= 0.3 is 6.03 Å². The van der Waals surface area contributed by atoms with Gasteiger partial charge in [-0.3, -0.25) is 0 Å². The summed E-state index contributed by atoms with van der Waals surface area (Å²) in [5.74, 6) is 0.685. The van der Waals surface area contributed by atoms with Crippen LogP contribution < -0.4 is 10.6 Å². The summed E-state index contributed by atoms with van der Waals surface area (Å²) in [5, 5.41) is 6.77. The topological polar surface area (TPSA) is 44.4 Å². The molecule has 0 bridgehead atoms. The second-order valence-corrected chi connectivity index (χ2v) is 5.36. The van der Waals surface area contributed by atoms with Crippen LogP contribution in [0.4, 0.5) is 10.5 Å². The Hall–Kier alpha value is -1.26. The molecule has 0 atom stereocenters. The van der Waals surface area contributed by atoms with Crippen molar-refractivity contribution in [2.45, 2.75) is 12.8 Å². The van der Waals surface area contributed by atoms with Crippen molar-refractivity contribution in [3.8, 4) is 0 Å². The lowest BCUT2D eigenvalue weighted by atomic mass is 9.97. The second-order valence-electron chi connectivity index (χ2n) is 4.93. The van der Waals surface area contributed by atoms with Crippen molar-refractivity contribution in [3.05, 3.63) is 29.3 Å². The molecule has 104 valence electrons. The summed E-state index contributed by atoms with van der Waals surface area (Å²) in [6, 6.07) is 7.15. The molecule has 0 saturated carbocycles. The van der Waals surface area contributed by atoms with Crippen LogP contribution in [0.25, 0.3) is 0 Å². The van der Waals surface area contributed by atoms with Gasteiger partial charge in [0, 0.05) is 23.8 Å². The van der Waals surface area contributed by atoms with Gasteiger partial charge in [0.1, 0.15) is 0 Å². The first kappa shape index (κ1) is 14.2. The molecule has 1 aromatic carbocycles. The van der Waals surface area contributed by atoms with Crippen LogP contribution in [0.15, 0.2) is 24.3 Å². The SMILES string of the molecule is CNCC1CCN(C(=O)Nc2ccc(Cl)cc2)CC1. The van der Waals surface area contributed by atoms with Crippen molar-refractivity contribution >= 4 is 23.3 Å². The predicted molar refractivity (Wildman–Crippen MR) is 78.7 cm³/mol. The van der Waals surface area contributed by atoms with Gasteiger partial charge in [-0.05, 0) is 56.6 Å². The molecule has 2 rings (SSSR count). The normalized spacial score (nSPS) is 16.4. The third kappa shape index (κ3) is 4.11. The first-order valence-corrected chi connectivity index (χ1v) is 7.03. The van der Waals surface area contributed by atoms with Crippen LogP contribution in [0, 0.1) is 5.92 Å². The molecule has 0 unspecified atom stereocenters. The van der Waals surface area contributed by atoms with Gasteiger partial charge in [-0.1, -0.05) is 11.6 Å². The molecule has 1 aliphatic heterocycles. The Morgan fingerprint density at radius 3 is 2.53 bits per heavy atom. The molecule has 0 radical (unpaired) electrons. The molecular weight excluding hydrogens is 262 g/mol. The van der Waals surface area contributed by atoms with E-state index < -0.39 is 0 Å². The van der Waals surface area contributed by atoms with Crippen LogP contribution in [0.1, 0.15) is 12.8 Å². The number of likely N-dealkylation sites (tertiary alicyclic amines) is 1. The molecule has 1 aliphatic rings. The lowest BCUT2D eigenvalue weighted by Crippen LogP contribution is -2.42. The number of amides is 2. The summed E-state index contributed by atoms with van der Waals surface area (Å²) >= 11 is 5.81. The van der Waals surface area contributed by atoms with Gasteiger partial charge in [0.25, 0.3) is 0 Å². The number of hydrogen-bond donors (Lipinski definition) is 2. The number of urea groups is 1. The maximum Gasteiger partial charge on any atom is 0.321 e. The predicted octanol–water partition coefficient (Wildman–Crippen LogP) is 2.80. The van der Waals surface area contributed by atoms with Gasteiger partial charge < -0.3 is 15.5 Å². The average Bonchev–Trinajstić information content (AvgIpc) is 2.42. The van der Waals surface area contributed by atoms with Gasteiger partial charge in [0.2, 0.25) is 0 Å². The number of carbonyl (C=O) groups excluding carboxylic acids is 1. The number of benzene rings is 1. The molecular formula is C14H20ClN3O. The lowest BCUT2D eigenvalue weighted by Gasteiger charge is -2.31. The van der Waals surface area contributed by atoms with Crippen LogP contribution in [-0.4, -0.2) is 37.6 Å². The van der Waals surface area contributed by atoms with E-state index in [1.54, 1.807) is 12.1 Å². The number of nitrogens with zero attached hydrogens (tertiary/aromatic N) is 1. The summed E-state index contributed by atoms with van der Waals surface area (Å²) in [4.78, 5) is 14.0. The van der Waals surface area contributed by atoms with Crippen LogP contribution in [0.2, 0.25) is 5.02 Å². The number of carbonyl (C=O) groups is 1. The van der Waals surface area contributed by atoms with Crippen molar-refractivity contribution < 1.29 is 4.79 Å². The summed E-state index contributed by atoms with van der Waals surface area (Å²) < 4.78 is 0. The molecule has 1 heterocycles. The van der Waals surface area contributed by atoms with E-state index in [0.717, 1.165) is 38.2 Å². The highest BCUT2D eigenvalue weighted by Gasteiger charge is 2.22. The van der Waals surface area contributed by atoms with Crippen LogP contribution in [-0.2, 0) is 0 Å². The standard InChI is InChI=1S/C14H20ClN3O/c1-16-10-11-6-8-18(9-7-11)14(19)17-13-4-2-12(15)3-5-13/h2-5,11,16H,6-10H2,1H3,(H,17,19). The second kappa shape index (κ2) is 6.78. The zero-order chi connectivity index (χ0) is 13.7. The third-order valence-electron chi connectivity index (χ3n) is 3.49. The highest BCUT2D eigenvalue weighted by molar-refractivity contribution is 6.30. The Labute approximate surface area is 119 Å². The number of nitrogens with one attached hydrogen (secondary N) is 2. The molecule has 2 N–H and O–H groups in total. The number of piperidine rings is 1.